The fraction of sp³-hybridized carbons (Fsp3) is 0.594. The van der Waals surface area contributed by atoms with Gasteiger partial charge in [0.15, 0.2) is 0 Å². The second kappa shape index (κ2) is 14.4. The molecule has 1 aliphatic rings. The first kappa shape index (κ1) is 34.1. The van der Waals surface area contributed by atoms with Crippen molar-refractivity contribution in [1.82, 2.24) is 4.90 Å². The van der Waals surface area contributed by atoms with Gasteiger partial charge in [-0.2, -0.15) is 0 Å². The molecule has 2 aromatic carbocycles. The zero-order chi connectivity index (χ0) is 31.0. The molecule has 1 fully saturated rings. The van der Waals surface area contributed by atoms with Crippen molar-refractivity contribution in [2.75, 3.05) is 46.1 Å². The molecule has 2 unspecified atom stereocenters. The lowest BCUT2D eigenvalue weighted by molar-refractivity contribution is -0.106. The predicted molar refractivity (Wildman–Crippen MR) is 164 cm³/mol. The van der Waals surface area contributed by atoms with Crippen LogP contribution in [0, 0.1) is 5.92 Å². The van der Waals surface area contributed by atoms with Crippen molar-refractivity contribution in [2.45, 2.75) is 70.6 Å². The minimum atomic E-state index is -3.20. The largest absolute Gasteiger partial charge is 0.444 e. The summed E-state index contributed by atoms with van der Waals surface area (Å²) in [5.74, 6) is -3.81. The van der Waals surface area contributed by atoms with Gasteiger partial charge in [-0.15, -0.1) is 0 Å². The summed E-state index contributed by atoms with van der Waals surface area (Å²) in [6.45, 7) is 12.9. The Labute approximate surface area is 250 Å². The molecular formula is C32H48F2N2O5Si. The quantitative estimate of drug-likeness (QED) is 0.276. The third-order valence-electron chi connectivity index (χ3n) is 7.47. The second-order valence-corrected chi connectivity index (χ2v) is 17.2. The molecule has 1 aliphatic heterocycles. The van der Waals surface area contributed by atoms with E-state index < -0.39 is 44.4 Å². The van der Waals surface area contributed by atoms with Crippen LogP contribution in [-0.4, -0.2) is 83.0 Å². The Bertz CT molecular complexity index is 1070. The molecule has 0 saturated carbocycles. The van der Waals surface area contributed by atoms with Gasteiger partial charge >= 0.3 is 6.09 Å². The molecule has 3 rings (SSSR count). The average Bonchev–Trinajstić information content (AvgIpc) is 2.91. The van der Waals surface area contributed by atoms with Crippen LogP contribution in [0.1, 0.15) is 48.0 Å². The molecule has 0 spiro atoms. The third kappa shape index (κ3) is 8.83. The molecule has 7 nitrogen and oxygen atoms in total. The lowest BCUT2D eigenvalue weighted by Gasteiger charge is -2.43. The Hall–Kier alpha value is -2.37. The van der Waals surface area contributed by atoms with Crippen LogP contribution in [-0.2, 0) is 18.6 Å². The third-order valence-corrected chi connectivity index (χ3v) is 12.5. The van der Waals surface area contributed by atoms with Gasteiger partial charge in [-0.3, -0.25) is 0 Å². The molecule has 0 aromatic heterocycles. The summed E-state index contributed by atoms with van der Waals surface area (Å²) in [5, 5.41) is 2.31. The number of ether oxygens (including phenoxy) is 3. The maximum Gasteiger partial charge on any atom is 0.410 e. The van der Waals surface area contributed by atoms with Gasteiger partial charge in [0.25, 0.3) is 14.2 Å². The summed E-state index contributed by atoms with van der Waals surface area (Å²) in [6, 6.07) is 19.5. The van der Waals surface area contributed by atoms with E-state index in [-0.39, 0.29) is 18.2 Å². The van der Waals surface area contributed by atoms with Crippen LogP contribution in [0.5, 0.6) is 0 Å². The van der Waals surface area contributed by atoms with Crippen LogP contribution in [0.3, 0.4) is 0 Å². The first-order valence-electron chi connectivity index (χ1n) is 14.7. The number of benzene rings is 2. The van der Waals surface area contributed by atoms with Gasteiger partial charge in [0.05, 0.1) is 39.0 Å². The monoisotopic (exact) mass is 606 g/mol. The number of hydrogen-bond acceptors (Lipinski definition) is 6. The minimum absolute atomic E-state index is 0.102. The molecule has 1 heterocycles. The number of piperidine rings is 1. The molecule has 42 heavy (non-hydrogen) atoms. The number of hydrogen-bond donors (Lipinski definition) is 1. The van der Waals surface area contributed by atoms with Crippen molar-refractivity contribution in [3.63, 3.8) is 0 Å². The van der Waals surface area contributed by atoms with Crippen LogP contribution in [0.15, 0.2) is 60.7 Å². The van der Waals surface area contributed by atoms with Gasteiger partial charge in [-0.05, 0) is 48.5 Å². The molecule has 1 amide bonds. The van der Waals surface area contributed by atoms with E-state index in [9.17, 15) is 13.6 Å². The van der Waals surface area contributed by atoms with Gasteiger partial charge in [0.1, 0.15) is 5.60 Å². The summed E-state index contributed by atoms with van der Waals surface area (Å²) in [7, 11) is -2.62. The first-order chi connectivity index (χ1) is 19.7. The Morgan fingerprint density at radius 2 is 1.38 bits per heavy atom. The van der Waals surface area contributed by atoms with Crippen LogP contribution >= 0.6 is 0 Å². The molecule has 234 valence electrons. The molecule has 0 aliphatic carbocycles. The first-order valence-corrected chi connectivity index (χ1v) is 16.6. The SMILES string of the molecule is CC(C)(C)OC(=O)N1CC(CCOCCOCCO[Si](c2ccccc2)(c2ccccc2)C(C)(C)C)C(N)C(F)(F)C1. The number of alkyl halides is 2. The summed E-state index contributed by atoms with van der Waals surface area (Å²) in [5.41, 5.74) is 5.10. The van der Waals surface area contributed by atoms with E-state index in [1.807, 2.05) is 12.1 Å². The Kier molecular flexibility index (Phi) is 11.7. The van der Waals surface area contributed by atoms with E-state index in [4.69, 9.17) is 24.4 Å². The van der Waals surface area contributed by atoms with E-state index in [1.165, 1.54) is 10.4 Å². The zero-order valence-corrected chi connectivity index (χ0v) is 26.9. The standard InChI is InChI=1S/C32H48F2N2O5Si/c1-30(2,3)41-29(37)36-23-25(28(35)32(33,34)24-36)17-18-38-19-20-39-21-22-40-42(31(4,5)6,26-13-9-7-10-14-26)27-15-11-8-12-16-27/h7-16,25,28H,17-24,35H2,1-6H3. The number of carbonyl (C=O) groups excluding carboxylic acids is 1. The summed E-state index contributed by atoms with van der Waals surface area (Å²) >= 11 is 0. The van der Waals surface area contributed by atoms with E-state index in [2.05, 4.69) is 69.3 Å². The lowest BCUT2D eigenvalue weighted by Crippen LogP contribution is -2.66. The van der Waals surface area contributed by atoms with Gasteiger partial charge in [0, 0.05) is 13.2 Å². The molecule has 2 N–H and O–H groups in total. The van der Waals surface area contributed by atoms with Crippen LogP contribution < -0.4 is 16.1 Å². The molecule has 2 aromatic rings. The number of rotatable bonds is 12. The van der Waals surface area contributed by atoms with Crippen LogP contribution in [0.4, 0.5) is 13.6 Å². The molecule has 0 radical (unpaired) electrons. The zero-order valence-electron chi connectivity index (χ0n) is 25.9. The average molecular weight is 607 g/mol. The van der Waals surface area contributed by atoms with Gasteiger partial charge < -0.3 is 29.3 Å². The second-order valence-electron chi connectivity index (χ2n) is 12.9. The number of nitrogens with two attached hydrogens (primary N) is 1. The summed E-state index contributed by atoms with van der Waals surface area (Å²) in [6.07, 6.45) is -0.457. The molecule has 2 atom stereocenters. The van der Waals surface area contributed by atoms with Crippen molar-refractivity contribution < 1.29 is 32.2 Å². The normalized spacial score (nSPS) is 19.5. The highest BCUT2D eigenvalue weighted by atomic mass is 28.4. The number of nitrogens with zero attached hydrogens (tertiary/aromatic N) is 1. The maximum absolute atomic E-state index is 14.6. The molecule has 1 saturated heterocycles. The number of carbonyl (C=O) groups is 1. The number of likely N-dealkylation sites (tertiary alicyclic amines) is 1. The van der Waals surface area contributed by atoms with E-state index in [0.717, 1.165) is 4.90 Å². The molecular weight excluding hydrogens is 558 g/mol. The Balaban J connectivity index is 1.46. The summed E-state index contributed by atoms with van der Waals surface area (Å²) in [4.78, 5) is 13.5. The maximum atomic E-state index is 14.6. The fourth-order valence-corrected chi connectivity index (χ4v) is 10.0. The highest BCUT2D eigenvalue weighted by Crippen LogP contribution is 2.36. The van der Waals surface area contributed by atoms with Gasteiger partial charge in [-0.1, -0.05) is 81.4 Å². The highest BCUT2D eigenvalue weighted by molar-refractivity contribution is 6.99. The smallest absolute Gasteiger partial charge is 0.410 e. The van der Waals surface area contributed by atoms with Crippen molar-refractivity contribution in [3.05, 3.63) is 60.7 Å². The fourth-order valence-electron chi connectivity index (χ4n) is 5.47. The Morgan fingerprint density at radius 1 is 0.881 bits per heavy atom. The highest BCUT2D eigenvalue weighted by Gasteiger charge is 2.51. The van der Waals surface area contributed by atoms with Crippen molar-refractivity contribution in [1.29, 1.82) is 0 Å². The predicted octanol–water partition coefficient (Wildman–Crippen LogP) is 4.82. The molecule has 0 bridgehead atoms. The van der Waals surface area contributed by atoms with Crippen LogP contribution in [0.25, 0.3) is 0 Å². The van der Waals surface area contributed by atoms with E-state index in [0.29, 0.717) is 32.8 Å². The number of halogens is 2. The van der Waals surface area contributed by atoms with Crippen molar-refractivity contribution >= 4 is 24.8 Å². The summed E-state index contributed by atoms with van der Waals surface area (Å²) < 4.78 is 52.7. The lowest BCUT2D eigenvalue weighted by atomic mass is 9.88. The molecule has 10 heteroatoms. The Morgan fingerprint density at radius 3 is 1.88 bits per heavy atom. The topological polar surface area (TPSA) is 83.2 Å². The van der Waals surface area contributed by atoms with E-state index >= 15 is 0 Å². The van der Waals surface area contributed by atoms with Crippen molar-refractivity contribution in [2.24, 2.45) is 11.7 Å². The van der Waals surface area contributed by atoms with Crippen molar-refractivity contribution in [3.8, 4) is 0 Å². The van der Waals surface area contributed by atoms with Crippen LogP contribution in [0.2, 0.25) is 5.04 Å². The number of amides is 1. The minimum Gasteiger partial charge on any atom is -0.444 e. The van der Waals surface area contributed by atoms with Gasteiger partial charge in [-0.25, -0.2) is 13.6 Å². The van der Waals surface area contributed by atoms with E-state index in [1.54, 1.807) is 20.8 Å². The van der Waals surface area contributed by atoms with Gasteiger partial charge in [0.2, 0.25) is 0 Å².